The van der Waals surface area contributed by atoms with Gasteiger partial charge in [-0.15, -0.1) is 0 Å². The third-order valence-electron chi connectivity index (χ3n) is 3.02. The first-order valence-corrected chi connectivity index (χ1v) is 6.75. The van der Waals surface area contributed by atoms with Gasteiger partial charge in [-0.2, -0.15) is 0 Å². The van der Waals surface area contributed by atoms with Crippen LogP contribution in [0.15, 0.2) is 30.5 Å². The van der Waals surface area contributed by atoms with Crippen molar-refractivity contribution in [3.63, 3.8) is 0 Å². The fourth-order valence-corrected chi connectivity index (χ4v) is 1.96. The number of aryl methyl sites for hydroxylation is 1. The molecule has 0 aliphatic heterocycles. The highest BCUT2D eigenvalue weighted by atomic mass is 35.5. The lowest BCUT2D eigenvalue weighted by Gasteiger charge is -2.20. The highest BCUT2D eigenvalue weighted by molar-refractivity contribution is 6.30. The SMILES string of the molecule is Cc1cc(C(C)(C)C)ccc1Oc1ncc(Cl)cc1F. The molecule has 0 atom stereocenters. The molecular weight excluding hydrogens is 277 g/mol. The summed E-state index contributed by atoms with van der Waals surface area (Å²) in [5.41, 5.74) is 2.20. The average molecular weight is 294 g/mol. The van der Waals surface area contributed by atoms with Gasteiger partial charge in [-0.1, -0.05) is 44.5 Å². The summed E-state index contributed by atoms with van der Waals surface area (Å²) >= 11 is 5.66. The Morgan fingerprint density at radius 2 is 1.90 bits per heavy atom. The van der Waals surface area contributed by atoms with Crippen LogP contribution < -0.4 is 4.74 Å². The number of nitrogens with zero attached hydrogens (tertiary/aromatic N) is 1. The number of pyridine rings is 1. The van der Waals surface area contributed by atoms with Gasteiger partial charge in [-0.3, -0.25) is 0 Å². The second kappa shape index (κ2) is 5.41. The summed E-state index contributed by atoms with van der Waals surface area (Å²) in [5.74, 6) is -0.0514. The van der Waals surface area contributed by atoms with E-state index < -0.39 is 5.82 Å². The first-order chi connectivity index (χ1) is 9.27. The van der Waals surface area contributed by atoms with E-state index >= 15 is 0 Å². The quantitative estimate of drug-likeness (QED) is 0.752. The lowest BCUT2D eigenvalue weighted by Crippen LogP contribution is -2.11. The van der Waals surface area contributed by atoms with Crippen LogP contribution >= 0.6 is 11.6 Å². The van der Waals surface area contributed by atoms with Crippen LogP contribution in [0.25, 0.3) is 0 Å². The van der Waals surface area contributed by atoms with E-state index in [0.29, 0.717) is 5.75 Å². The van der Waals surface area contributed by atoms with Crippen LogP contribution in [-0.2, 0) is 5.41 Å². The van der Waals surface area contributed by atoms with Crippen molar-refractivity contribution in [1.29, 1.82) is 0 Å². The van der Waals surface area contributed by atoms with E-state index in [-0.39, 0.29) is 16.3 Å². The summed E-state index contributed by atoms with van der Waals surface area (Å²) < 4.78 is 19.2. The van der Waals surface area contributed by atoms with E-state index in [1.807, 2.05) is 25.1 Å². The molecule has 0 aliphatic carbocycles. The molecule has 4 heteroatoms. The zero-order valence-electron chi connectivity index (χ0n) is 12.0. The third-order valence-corrected chi connectivity index (χ3v) is 3.23. The summed E-state index contributed by atoms with van der Waals surface area (Å²) in [6.07, 6.45) is 1.36. The Balaban J connectivity index is 2.30. The minimum Gasteiger partial charge on any atom is -0.436 e. The number of halogens is 2. The van der Waals surface area contributed by atoms with Gasteiger partial charge in [-0.05, 0) is 35.6 Å². The summed E-state index contributed by atoms with van der Waals surface area (Å²) in [7, 11) is 0. The fraction of sp³-hybridized carbons (Fsp3) is 0.312. The van der Waals surface area contributed by atoms with Crippen molar-refractivity contribution < 1.29 is 9.13 Å². The smallest absolute Gasteiger partial charge is 0.255 e. The standard InChI is InChI=1S/C16H17ClFNO/c1-10-7-11(16(2,3)4)5-6-14(10)20-15-13(18)8-12(17)9-19-15/h5-9H,1-4H3. The first kappa shape index (κ1) is 14.8. The maximum atomic E-state index is 13.7. The number of rotatable bonds is 2. The van der Waals surface area contributed by atoms with Gasteiger partial charge in [-0.25, -0.2) is 9.37 Å². The van der Waals surface area contributed by atoms with Gasteiger partial charge in [0.15, 0.2) is 5.82 Å². The number of aromatic nitrogens is 1. The van der Waals surface area contributed by atoms with Gasteiger partial charge in [0.1, 0.15) is 5.75 Å². The molecule has 1 heterocycles. The monoisotopic (exact) mass is 293 g/mol. The Kier molecular flexibility index (Phi) is 4.00. The molecule has 2 rings (SSSR count). The maximum absolute atomic E-state index is 13.7. The van der Waals surface area contributed by atoms with Gasteiger partial charge >= 0.3 is 0 Å². The van der Waals surface area contributed by atoms with E-state index in [2.05, 4.69) is 25.8 Å². The number of ether oxygens (including phenoxy) is 1. The molecule has 0 fully saturated rings. The van der Waals surface area contributed by atoms with Crippen molar-refractivity contribution in [3.05, 3.63) is 52.4 Å². The van der Waals surface area contributed by atoms with Gasteiger partial charge in [0.25, 0.3) is 5.88 Å². The van der Waals surface area contributed by atoms with Crippen molar-refractivity contribution in [2.45, 2.75) is 33.1 Å². The van der Waals surface area contributed by atoms with Crippen molar-refractivity contribution in [2.24, 2.45) is 0 Å². The van der Waals surface area contributed by atoms with Crippen molar-refractivity contribution in [3.8, 4) is 11.6 Å². The first-order valence-electron chi connectivity index (χ1n) is 6.37. The number of benzene rings is 1. The van der Waals surface area contributed by atoms with Gasteiger partial charge in [0.2, 0.25) is 0 Å². The molecule has 0 radical (unpaired) electrons. The highest BCUT2D eigenvalue weighted by Gasteiger charge is 2.16. The second-order valence-electron chi connectivity index (χ2n) is 5.77. The zero-order chi connectivity index (χ0) is 14.9. The molecule has 0 saturated carbocycles. The largest absolute Gasteiger partial charge is 0.436 e. The topological polar surface area (TPSA) is 22.1 Å². The predicted molar refractivity (Wildman–Crippen MR) is 79.2 cm³/mol. The highest BCUT2D eigenvalue weighted by Crippen LogP contribution is 2.30. The van der Waals surface area contributed by atoms with Crippen molar-refractivity contribution >= 4 is 11.6 Å². The molecule has 106 valence electrons. The molecule has 20 heavy (non-hydrogen) atoms. The summed E-state index contributed by atoms with van der Waals surface area (Å²) in [6.45, 7) is 8.35. The molecular formula is C16H17ClFNO. The van der Waals surface area contributed by atoms with Gasteiger partial charge in [0, 0.05) is 6.20 Å². The zero-order valence-corrected chi connectivity index (χ0v) is 12.8. The molecule has 0 spiro atoms. The average Bonchev–Trinajstić information content (AvgIpc) is 2.33. The molecule has 2 aromatic rings. The molecule has 1 aromatic carbocycles. The van der Waals surface area contributed by atoms with Crippen LogP contribution in [0.1, 0.15) is 31.9 Å². The van der Waals surface area contributed by atoms with E-state index in [1.54, 1.807) is 0 Å². The van der Waals surface area contributed by atoms with Crippen LogP contribution in [0.5, 0.6) is 11.6 Å². The number of hydrogen-bond acceptors (Lipinski definition) is 2. The van der Waals surface area contributed by atoms with E-state index in [9.17, 15) is 4.39 Å². The molecule has 2 nitrogen and oxygen atoms in total. The molecule has 0 N–H and O–H groups in total. The summed E-state index contributed by atoms with van der Waals surface area (Å²) in [5, 5.41) is 0.245. The molecule has 0 aliphatic rings. The summed E-state index contributed by atoms with van der Waals surface area (Å²) in [4.78, 5) is 3.86. The van der Waals surface area contributed by atoms with Crippen LogP contribution in [0.2, 0.25) is 5.02 Å². The van der Waals surface area contributed by atoms with Gasteiger partial charge in [0.05, 0.1) is 5.02 Å². The normalized spacial score (nSPS) is 11.5. The minimum atomic E-state index is -0.572. The summed E-state index contributed by atoms with van der Waals surface area (Å²) in [6, 6.07) is 7.05. The molecule has 0 amide bonds. The van der Waals surface area contributed by atoms with Crippen LogP contribution in [0, 0.1) is 12.7 Å². The minimum absolute atomic E-state index is 0.0626. The maximum Gasteiger partial charge on any atom is 0.255 e. The van der Waals surface area contributed by atoms with E-state index in [1.165, 1.54) is 17.8 Å². The Labute approximate surface area is 123 Å². The molecule has 0 unspecified atom stereocenters. The van der Waals surface area contributed by atoms with Crippen molar-refractivity contribution in [1.82, 2.24) is 4.98 Å². The lowest BCUT2D eigenvalue weighted by molar-refractivity contribution is 0.419. The second-order valence-corrected chi connectivity index (χ2v) is 6.21. The fourth-order valence-electron chi connectivity index (χ4n) is 1.81. The number of hydrogen-bond donors (Lipinski definition) is 0. The molecule has 0 saturated heterocycles. The molecule has 1 aromatic heterocycles. The lowest BCUT2D eigenvalue weighted by atomic mass is 9.86. The molecule has 0 bridgehead atoms. The Hall–Kier alpha value is -1.61. The Morgan fingerprint density at radius 3 is 2.45 bits per heavy atom. The third kappa shape index (κ3) is 3.28. The Bertz CT molecular complexity index is 635. The predicted octanol–water partition coefficient (Wildman–Crippen LogP) is 5.27. The van der Waals surface area contributed by atoms with E-state index in [4.69, 9.17) is 16.3 Å². The van der Waals surface area contributed by atoms with Crippen molar-refractivity contribution in [2.75, 3.05) is 0 Å². The van der Waals surface area contributed by atoms with Crippen LogP contribution in [-0.4, -0.2) is 4.98 Å². The Morgan fingerprint density at radius 1 is 1.20 bits per heavy atom. The van der Waals surface area contributed by atoms with Crippen LogP contribution in [0.3, 0.4) is 0 Å². The van der Waals surface area contributed by atoms with Gasteiger partial charge < -0.3 is 4.74 Å². The van der Waals surface area contributed by atoms with Crippen LogP contribution in [0.4, 0.5) is 4.39 Å². The van der Waals surface area contributed by atoms with E-state index in [0.717, 1.165) is 5.56 Å².